The number of fused-ring (bicyclic) bond motifs is 1. The van der Waals surface area contributed by atoms with Gasteiger partial charge in [-0.05, 0) is 42.7 Å². The minimum absolute atomic E-state index is 0.126. The zero-order valence-corrected chi connectivity index (χ0v) is 14.2. The molecular formula is C20H22N4O. The molecule has 5 nitrogen and oxygen atoms in total. The highest BCUT2D eigenvalue weighted by Gasteiger charge is 2.23. The van der Waals surface area contributed by atoms with Gasteiger partial charge >= 0.3 is 0 Å². The molecule has 0 radical (unpaired) electrons. The summed E-state index contributed by atoms with van der Waals surface area (Å²) in [7, 11) is 0. The molecule has 1 aliphatic carbocycles. The Morgan fingerprint density at radius 3 is 2.76 bits per heavy atom. The van der Waals surface area contributed by atoms with E-state index in [4.69, 9.17) is 4.99 Å². The fourth-order valence-corrected chi connectivity index (χ4v) is 3.48. The van der Waals surface area contributed by atoms with Crippen LogP contribution in [0.1, 0.15) is 44.1 Å². The molecule has 1 aromatic carbocycles. The molecule has 4 rings (SSSR count). The highest BCUT2D eigenvalue weighted by molar-refractivity contribution is 6.15. The Hall–Kier alpha value is -2.69. The lowest BCUT2D eigenvalue weighted by Crippen LogP contribution is -2.27. The van der Waals surface area contributed by atoms with Crippen molar-refractivity contribution in [1.29, 1.82) is 0 Å². The molecule has 0 unspecified atom stereocenters. The van der Waals surface area contributed by atoms with Crippen molar-refractivity contribution in [3.63, 3.8) is 0 Å². The monoisotopic (exact) mass is 334 g/mol. The molecule has 2 heterocycles. The standard InChI is InChI=1S/C20H22N4O/c25-19-18(13-14-9-10-17-15(12-14)6-5-11-21-17)23-20(24-19)22-16-7-3-1-2-4-8-16/h5-6,9-13,16H,1-4,7-8H2,(H2,22,23,24,25)/b18-13-. The summed E-state index contributed by atoms with van der Waals surface area (Å²) in [5.41, 5.74) is 2.45. The largest absolute Gasteiger partial charge is 0.321 e. The van der Waals surface area contributed by atoms with E-state index in [9.17, 15) is 4.79 Å². The van der Waals surface area contributed by atoms with Gasteiger partial charge in [-0.1, -0.05) is 37.8 Å². The summed E-state index contributed by atoms with van der Waals surface area (Å²) in [6, 6.07) is 10.2. The summed E-state index contributed by atoms with van der Waals surface area (Å²) >= 11 is 0. The third kappa shape index (κ3) is 3.71. The summed E-state index contributed by atoms with van der Waals surface area (Å²) in [4.78, 5) is 21.3. The third-order valence-electron chi connectivity index (χ3n) is 4.80. The topological polar surface area (TPSA) is 66.4 Å². The number of pyridine rings is 1. The van der Waals surface area contributed by atoms with Crippen molar-refractivity contribution in [3.8, 4) is 0 Å². The maximum absolute atomic E-state index is 12.2. The lowest BCUT2D eigenvalue weighted by molar-refractivity contribution is -0.115. The van der Waals surface area contributed by atoms with E-state index in [1.54, 1.807) is 6.20 Å². The first-order valence-corrected chi connectivity index (χ1v) is 9.00. The van der Waals surface area contributed by atoms with Gasteiger partial charge in [-0.15, -0.1) is 0 Å². The quantitative estimate of drug-likeness (QED) is 0.653. The highest BCUT2D eigenvalue weighted by Crippen LogP contribution is 2.20. The fraction of sp³-hybridized carbons (Fsp3) is 0.350. The van der Waals surface area contributed by atoms with Crippen LogP contribution in [0.4, 0.5) is 0 Å². The highest BCUT2D eigenvalue weighted by atomic mass is 16.2. The van der Waals surface area contributed by atoms with Crippen LogP contribution in [-0.2, 0) is 4.79 Å². The molecule has 1 amide bonds. The Morgan fingerprint density at radius 1 is 1.08 bits per heavy atom. The second kappa shape index (κ2) is 7.05. The van der Waals surface area contributed by atoms with Crippen LogP contribution in [0.3, 0.4) is 0 Å². The number of hydrogen-bond donors (Lipinski definition) is 2. The summed E-state index contributed by atoms with van der Waals surface area (Å²) in [5, 5.41) is 7.05. The Kier molecular flexibility index (Phi) is 4.46. The first-order valence-electron chi connectivity index (χ1n) is 9.00. The number of aromatic nitrogens is 1. The fourth-order valence-electron chi connectivity index (χ4n) is 3.48. The van der Waals surface area contributed by atoms with Crippen molar-refractivity contribution >= 4 is 28.8 Å². The molecule has 128 valence electrons. The molecule has 2 aromatic rings. The van der Waals surface area contributed by atoms with Crippen LogP contribution in [0.15, 0.2) is 47.2 Å². The van der Waals surface area contributed by atoms with Gasteiger partial charge in [0.1, 0.15) is 5.70 Å². The van der Waals surface area contributed by atoms with Gasteiger partial charge in [0.25, 0.3) is 5.91 Å². The van der Waals surface area contributed by atoms with Gasteiger partial charge in [0, 0.05) is 11.6 Å². The minimum atomic E-state index is -0.126. The predicted octanol–water partition coefficient (Wildman–Crippen LogP) is 3.37. The van der Waals surface area contributed by atoms with E-state index >= 15 is 0 Å². The van der Waals surface area contributed by atoms with Gasteiger partial charge in [-0.25, -0.2) is 4.99 Å². The molecular weight excluding hydrogens is 312 g/mol. The average molecular weight is 334 g/mol. The molecule has 0 spiro atoms. The molecule has 2 aliphatic rings. The number of benzene rings is 1. The summed E-state index contributed by atoms with van der Waals surface area (Å²) < 4.78 is 0. The smallest absolute Gasteiger partial charge is 0.274 e. The van der Waals surface area contributed by atoms with E-state index in [1.807, 2.05) is 36.4 Å². The van der Waals surface area contributed by atoms with Crippen molar-refractivity contribution in [3.05, 3.63) is 47.8 Å². The SMILES string of the molecule is O=C1NC(=NC2CCCCCC2)N/C1=C\c1ccc2ncccc2c1. The van der Waals surface area contributed by atoms with E-state index in [-0.39, 0.29) is 5.91 Å². The van der Waals surface area contributed by atoms with E-state index < -0.39 is 0 Å². The number of hydrogen-bond acceptors (Lipinski definition) is 3. The third-order valence-corrected chi connectivity index (χ3v) is 4.80. The van der Waals surface area contributed by atoms with Crippen molar-refractivity contribution in [2.24, 2.45) is 4.99 Å². The normalized spacial score (nSPS) is 22.2. The lowest BCUT2D eigenvalue weighted by Gasteiger charge is -2.09. The van der Waals surface area contributed by atoms with Crippen molar-refractivity contribution in [1.82, 2.24) is 15.6 Å². The van der Waals surface area contributed by atoms with Crippen LogP contribution < -0.4 is 10.6 Å². The van der Waals surface area contributed by atoms with Gasteiger partial charge in [-0.2, -0.15) is 0 Å². The molecule has 1 aliphatic heterocycles. The van der Waals surface area contributed by atoms with Gasteiger partial charge in [-0.3, -0.25) is 15.1 Å². The number of nitrogens with zero attached hydrogens (tertiary/aromatic N) is 2. The maximum Gasteiger partial charge on any atom is 0.274 e. The van der Waals surface area contributed by atoms with E-state index in [1.165, 1.54) is 25.7 Å². The molecule has 1 aromatic heterocycles. The molecule has 1 saturated carbocycles. The minimum Gasteiger partial charge on any atom is -0.321 e. The number of amides is 1. The Bertz CT molecular complexity index is 848. The summed E-state index contributed by atoms with van der Waals surface area (Å²) in [6.45, 7) is 0. The zero-order chi connectivity index (χ0) is 17.1. The lowest BCUT2D eigenvalue weighted by atomic mass is 10.1. The van der Waals surface area contributed by atoms with Crippen LogP contribution >= 0.6 is 0 Å². The van der Waals surface area contributed by atoms with E-state index in [0.717, 1.165) is 29.3 Å². The Balaban J connectivity index is 1.53. The number of aliphatic imine (C=N–C) groups is 1. The molecule has 25 heavy (non-hydrogen) atoms. The van der Waals surface area contributed by atoms with E-state index in [2.05, 4.69) is 15.6 Å². The van der Waals surface area contributed by atoms with Crippen LogP contribution in [0.5, 0.6) is 0 Å². The molecule has 2 fully saturated rings. The van der Waals surface area contributed by atoms with Gasteiger partial charge in [0.15, 0.2) is 0 Å². The van der Waals surface area contributed by atoms with Crippen LogP contribution in [0.25, 0.3) is 17.0 Å². The molecule has 5 heteroatoms. The number of rotatable bonds is 2. The van der Waals surface area contributed by atoms with Crippen LogP contribution in [-0.4, -0.2) is 22.9 Å². The first-order chi connectivity index (χ1) is 12.3. The van der Waals surface area contributed by atoms with Crippen molar-refractivity contribution in [2.75, 3.05) is 0 Å². The number of carbonyl (C=O) groups is 1. The average Bonchev–Trinajstić information content (AvgIpc) is 2.82. The van der Waals surface area contributed by atoms with Crippen molar-refractivity contribution in [2.45, 2.75) is 44.6 Å². The summed E-state index contributed by atoms with van der Waals surface area (Å²) in [6.07, 6.45) is 10.9. The first kappa shape index (κ1) is 15.8. The Labute approximate surface area is 147 Å². The molecule has 0 atom stereocenters. The second-order valence-electron chi connectivity index (χ2n) is 6.72. The van der Waals surface area contributed by atoms with Crippen molar-refractivity contribution < 1.29 is 4.79 Å². The molecule has 1 saturated heterocycles. The zero-order valence-electron chi connectivity index (χ0n) is 14.2. The Morgan fingerprint density at radius 2 is 1.92 bits per heavy atom. The van der Waals surface area contributed by atoms with E-state index in [0.29, 0.717) is 17.7 Å². The van der Waals surface area contributed by atoms with Gasteiger partial charge < -0.3 is 5.32 Å². The number of carbonyl (C=O) groups excluding carboxylic acids is 1. The maximum atomic E-state index is 12.2. The van der Waals surface area contributed by atoms with Gasteiger partial charge in [0.05, 0.1) is 11.6 Å². The second-order valence-corrected chi connectivity index (χ2v) is 6.72. The molecule has 2 N–H and O–H groups in total. The molecule has 0 bridgehead atoms. The predicted molar refractivity (Wildman–Crippen MR) is 99.9 cm³/mol. The van der Waals surface area contributed by atoms with Crippen LogP contribution in [0, 0.1) is 0 Å². The number of guanidine groups is 1. The van der Waals surface area contributed by atoms with Gasteiger partial charge in [0.2, 0.25) is 5.96 Å². The van der Waals surface area contributed by atoms with Crippen LogP contribution in [0.2, 0.25) is 0 Å². The number of nitrogens with one attached hydrogen (secondary N) is 2. The summed E-state index contributed by atoms with van der Waals surface area (Å²) in [5.74, 6) is 0.462.